The van der Waals surface area contributed by atoms with Crippen LogP contribution in [0.1, 0.15) is 18.9 Å². The lowest BCUT2D eigenvalue weighted by Crippen LogP contribution is -2.26. The Labute approximate surface area is 118 Å². The standard InChI is InChI=1S/C14H20N2O4/c1-10-12(5-6-20-10)9-15-8-11-3-4-14(19-2)13(7-11)16(17)18/h3-4,7,10,12,15H,5-6,8-9H2,1-2H3. The van der Waals surface area contributed by atoms with Gasteiger partial charge < -0.3 is 14.8 Å². The van der Waals surface area contributed by atoms with E-state index in [4.69, 9.17) is 9.47 Å². The van der Waals surface area contributed by atoms with Gasteiger partial charge in [-0.05, 0) is 30.9 Å². The summed E-state index contributed by atoms with van der Waals surface area (Å²) in [4.78, 5) is 10.5. The van der Waals surface area contributed by atoms with Crippen LogP contribution in [0.25, 0.3) is 0 Å². The van der Waals surface area contributed by atoms with E-state index < -0.39 is 4.92 Å². The molecule has 0 saturated carbocycles. The van der Waals surface area contributed by atoms with Crippen molar-refractivity contribution in [3.63, 3.8) is 0 Å². The lowest BCUT2D eigenvalue weighted by atomic mass is 10.0. The van der Waals surface area contributed by atoms with Gasteiger partial charge in [-0.3, -0.25) is 10.1 Å². The SMILES string of the molecule is COc1ccc(CNCC2CCOC2C)cc1[N+](=O)[O-]. The first-order valence-corrected chi connectivity index (χ1v) is 6.75. The van der Waals surface area contributed by atoms with Crippen molar-refractivity contribution in [2.24, 2.45) is 5.92 Å². The smallest absolute Gasteiger partial charge is 0.311 e. The monoisotopic (exact) mass is 280 g/mol. The largest absolute Gasteiger partial charge is 0.490 e. The maximum atomic E-state index is 10.9. The number of benzene rings is 1. The van der Waals surface area contributed by atoms with Crippen LogP contribution in [0.15, 0.2) is 18.2 Å². The fraction of sp³-hybridized carbons (Fsp3) is 0.571. The van der Waals surface area contributed by atoms with Crippen molar-refractivity contribution in [1.29, 1.82) is 0 Å². The molecule has 1 aromatic rings. The third-order valence-corrected chi connectivity index (χ3v) is 3.71. The van der Waals surface area contributed by atoms with E-state index >= 15 is 0 Å². The second-order valence-corrected chi connectivity index (χ2v) is 5.02. The molecule has 6 heteroatoms. The number of methoxy groups -OCH3 is 1. The van der Waals surface area contributed by atoms with Crippen LogP contribution in [0.3, 0.4) is 0 Å². The molecule has 0 spiro atoms. The van der Waals surface area contributed by atoms with Crippen LogP contribution in [0.2, 0.25) is 0 Å². The molecule has 2 atom stereocenters. The molecule has 1 heterocycles. The van der Waals surface area contributed by atoms with E-state index in [2.05, 4.69) is 12.2 Å². The maximum Gasteiger partial charge on any atom is 0.311 e. The highest BCUT2D eigenvalue weighted by atomic mass is 16.6. The molecule has 0 radical (unpaired) electrons. The van der Waals surface area contributed by atoms with Crippen LogP contribution in [0, 0.1) is 16.0 Å². The Morgan fingerprint density at radius 3 is 2.95 bits per heavy atom. The van der Waals surface area contributed by atoms with Crippen molar-refractivity contribution < 1.29 is 14.4 Å². The molecule has 1 saturated heterocycles. The molecule has 2 unspecified atom stereocenters. The quantitative estimate of drug-likeness (QED) is 0.638. The van der Waals surface area contributed by atoms with Gasteiger partial charge in [0.25, 0.3) is 0 Å². The highest BCUT2D eigenvalue weighted by Gasteiger charge is 2.23. The molecule has 1 N–H and O–H groups in total. The van der Waals surface area contributed by atoms with Crippen LogP contribution in [0.4, 0.5) is 5.69 Å². The van der Waals surface area contributed by atoms with E-state index in [-0.39, 0.29) is 17.5 Å². The van der Waals surface area contributed by atoms with E-state index in [9.17, 15) is 10.1 Å². The van der Waals surface area contributed by atoms with Gasteiger partial charge in [-0.1, -0.05) is 6.07 Å². The number of nitro benzene ring substituents is 1. The van der Waals surface area contributed by atoms with E-state index in [0.29, 0.717) is 12.5 Å². The van der Waals surface area contributed by atoms with Gasteiger partial charge in [-0.25, -0.2) is 0 Å². The van der Waals surface area contributed by atoms with Gasteiger partial charge >= 0.3 is 5.69 Å². The zero-order chi connectivity index (χ0) is 14.5. The molecular formula is C14H20N2O4. The first kappa shape index (κ1) is 14.7. The number of nitrogens with one attached hydrogen (secondary N) is 1. The number of rotatable bonds is 6. The van der Waals surface area contributed by atoms with E-state index in [1.165, 1.54) is 7.11 Å². The Hall–Kier alpha value is -1.66. The second-order valence-electron chi connectivity index (χ2n) is 5.02. The number of hydrogen-bond acceptors (Lipinski definition) is 5. The van der Waals surface area contributed by atoms with E-state index in [0.717, 1.165) is 25.1 Å². The molecule has 20 heavy (non-hydrogen) atoms. The van der Waals surface area contributed by atoms with Crippen LogP contribution in [0.5, 0.6) is 5.75 Å². The van der Waals surface area contributed by atoms with Crippen LogP contribution in [-0.2, 0) is 11.3 Å². The predicted octanol–water partition coefficient (Wildman–Crippen LogP) is 2.12. The summed E-state index contributed by atoms with van der Waals surface area (Å²) in [5.74, 6) is 0.805. The Morgan fingerprint density at radius 1 is 1.55 bits per heavy atom. The van der Waals surface area contributed by atoms with Gasteiger partial charge in [0, 0.05) is 25.8 Å². The van der Waals surface area contributed by atoms with Crippen molar-refractivity contribution >= 4 is 5.69 Å². The first-order chi connectivity index (χ1) is 9.61. The van der Waals surface area contributed by atoms with Gasteiger partial charge in [0.05, 0.1) is 18.1 Å². The van der Waals surface area contributed by atoms with E-state index in [1.54, 1.807) is 12.1 Å². The van der Waals surface area contributed by atoms with Gasteiger partial charge in [-0.15, -0.1) is 0 Å². The van der Waals surface area contributed by atoms with Crippen LogP contribution < -0.4 is 10.1 Å². The Balaban J connectivity index is 1.92. The highest BCUT2D eigenvalue weighted by Crippen LogP contribution is 2.27. The van der Waals surface area contributed by atoms with Crippen molar-refractivity contribution in [1.82, 2.24) is 5.32 Å². The Morgan fingerprint density at radius 2 is 2.35 bits per heavy atom. The Bertz CT molecular complexity index is 478. The van der Waals surface area contributed by atoms with Gasteiger partial charge in [0.2, 0.25) is 0 Å². The average Bonchev–Trinajstić information content (AvgIpc) is 2.84. The third-order valence-electron chi connectivity index (χ3n) is 3.71. The Kier molecular flexibility index (Phi) is 4.92. The second kappa shape index (κ2) is 6.67. The molecule has 1 aliphatic heterocycles. The summed E-state index contributed by atoms with van der Waals surface area (Å²) < 4.78 is 10.5. The average molecular weight is 280 g/mol. The first-order valence-electron chi connectivity index (χ1n) is 6.75. The summed E-state index contributed by atoms with van der Waals surface area (Å²) in [7, 11) is 1.43. The number of ether oxygens (including phenoxy) is 2. The van der Waals surface area contributed by atoms with Gasteiger partial charge in [0.1, 0.15) is 0 Å². The molecule has 1 fully saturated rings. The number of nitrogens with zero attached hydrogens (tertiary/aromatic N) is 1. The zero-order valence-corrected chi connectivity index (χ0v) is 11.8. The summed E-state index contributed by atoms with van der Waals surface area (Å²) in [6.07, 6.45) is 1.35. The third kappa shape index (κ3) is 3.46. The minimum absolute atomic E-state index is 0.00404. The molecule has 2 rings (SSSR count). The topological polar surface area (TPSA) is 73.6 Å². The summed E-state index contributed by atoms with van der Waals surface area (Å²) in [6.45, 7) is 4.37. The van der Waals surface area contributed by atoms with Gasteiger partial charge in [-0.2, -0.15) is 0 Å². The number of nitro groups is 1. The molecule has 0 amide bonds. The summed E-state index contributed by atoms with van der Waals surface area (Å²) in [5.41, 5.74) is 0.883. The van der Waals surface area contributed by atoms with Crippen LogP contribution >= 0.6 is 0 Å². The fourth-order valence-electron chi connectivity index (χ4n) is 2.43. The van der Waals surface area contributed by atoms with Crippen molar-refractivity contribution in [3.05, 3.63) is 33.9 Å². The van der Waals surface area contributed by atoms with Crippen molar-refractivity contribution in [2.75, 3.05) is 20.3 Å². The molecule has 0 bridgehead atoms. The zero-order valence-electron chi connectivity index (χ0n) is 11.8. The predicted molar refractivity (Wildman–Crippen MR) is 74.9 cm³/mol. The van der Waals surface area contributed by atoms with Crippen LogP contribution in [-0.4, -0.2) is 31.3 Å². The highest BCUT2D eigenvalue weighted by molar-refractivity contribution is 5.48. The molecule has 0 aliphatic carbocycles. The minimum Gasteiger partial charge on any atom is -0.490 e. The van der Waals surface area contributed by atoms with Gasteiger partial charge in [0.15, 0.2) is 5.75 Å². The fourth-order valence-corrected chi connectivity index (χ4v) is 2.43. The molecule has 1 aliphatic rings. The van der Waals surface area contributed by atoms with E-state index in [1.807, 2.05) is 6.07 Å². The van der Waals surface area contributed by atoms with Crippen molar-refractivity contribution in [2.45, 2.75) is 26.0 Å². The molecule has 6 nitrogen and oxygen atoms in total. The summed E-state index contributed by atoms with van der Waals surface area (Å²) in [5, 5.41) is 14.3. The summed E-state index contributed by atoms with van der Waals surface area (Å²) in [6, 6.07) is 5.03. The summed E-state index contributed by atoms with van der Waals surface area (Å²) >= 11 is 0. The molecule has 1 aromatic carbocycles. The lowest BCUT2D eigenvalue weighted by Gasteiger charge is -2.14. The maximum absolute atomic E-state index is 10.9. The molecule has 0 aromatic heterocycles. The van der Waals surface area contributed by atoms with Crippen molar-refractivity contribution in [3.8, 4) is 5.75 Å². The molecular weight excluding hydrogens is 260 g/mol. The molecule has 110 valence electrons. The lowest BCUT2D eigenvalue weighted by molar-refractivity contribution is -0.385. The normalized spacial score (nSPS) is 21.9. The minimum atomic E-state index is -0.421. The number of hydrogen-bond donors (Lipinski definition) is 1.